The fourth-order valence-corrected chi connectivity index (χ4v) is 2.01. The fraction of sp³-hybridized carbons (Fsp3) is 0.364. The average molecular weight is 219 g/mol. The van der Waals surface area contributed by atoms with Gasteiger partial charge < -0.3 is 20.2 Å². The summed E-state index contributed by atoms with van der Waals surface area (Å²) in [5.74, 6) is 0. The zero-order valence-corrected chi connectivity index (χ0v) is 8.76. The molecule has 0 bridgehead atoms. The van der Waals surface area contributed by atoms with Crippen LogP contribution in [0, 0.1) is 0 Å². The molecule has 1 aliphatic rings. The molecule has 1 aromatic heterocycles. The Bertz CT molecular complexity index is 523. The maximum Gasteiger partial charge on any atom is 0.298 e. The Morgan fingerprint density at radius 3 is 3.06 bits per heavy atom. The minimum absolute atomic E-state index is 0.285. The first kappa shape index (κ1) is 9.47. The topological polar surface area (TPSA) is 75.5 Å². The molecule has 3 rings (SSSR count). The fourth-order valence-electron chi connectivity index (χ4n) is 2.01. The maximum atomic E-state index is 9.45. The number of anilines is 2. The van der Waals surface area contributed by atoms with E-state index in [4.69, 9.17) is 10.2 Å². The summed E-state index contributed by atoms with van der Waals surface area (Å²) < 4.78 is 5.60. The number of para-hydroxylation sites is 1. The average Bonchev–Trinajstić information content (AvgIpc) is 2.84. The van der Waals surface area contributed by atoms with Gasteiger partial charge in [-0.1, -0.05) is 6.07 Å². The summed E-state index contributed by atoms with van der Waals surface area (Å²) in [4.78, 5) is 6.29. The molecule has 0 amide bonds. The van der Waals surface area contributed by atoms with Crippen molar-refractivity contribution in [2.24, 2.45) is 0 Å². The first-order chi connectivity index (χ1) is 7.74. The van der Waals surface area contributed by atoms with Gasteiger partial charge >= 0.3 is 0 Å². The number of rotatable bonds is 1. The van der Waals surface area contributed by atoms with Crippen LogP contribution in [-0.2, 0) is 0 Å². The number of aliphatic hydroxyl groups is 1. The third kappa shape index (κ3) is 1.40. The Morgan fingerprint density at radius 2 is 2.38 bits per heavy atom. The number of fused-ring (bicyclic) bond motifs is 1. The second-order valence-electron chi connectivity index (χ2n) is 4.08. The molecular formula is C11H13N3O2. The van der Waals surface area contributed by atoms with Crippen LogP contribution in [0.5, 0.6) is 0 Å². The molecule has 2 heterocycles. The van der Waals surface area contributed by atoms with E-state index in [-0.39, 0.29) is 6.10 Å². The predicted octanol–water partition coefficient (Wildman–Crippen LogP) is 0.981. The lowest BCUT2D eigenvalue weighted by molar-refractivity contribution is 0.198. The van der Waals surface area contributed by atoms with Crippen molar-refractivity contribution in [3.8, 4) is 0 Å². The van der Waals surface area contributed by atoms with Gasteiger partial charge in [0, 0.05) is 13.1 Å². The Hall–Kier alpha value is -1.75. The van der Waals surface area contributed by atoms with Gasteiger partial charge in [0.1, 0.15) is 5.52 Å². The molecule has 1 saturated heterocycles. The highest BCUT2D eigenvalue weighted by molar-refractivity contribution is 5.86. The Kier molecular flexibility index (Phi) is 2.00. The van der Waals surface area contributed by atoms with Crippen LogP contribution < -0.4 is 10.6 Å². The molecule has 2 aromatic rings. The van der Waals surface area contributed by atoms with E-state index in [1.54, 1.807) is 6.07 Å². The molecule has 0 aliphatic carbocycles. The highest BCUT2D eigenvalue weighted by Crippen LogP contribution is 2.27. The number of nitrogens with two attached hydrogens (primary N) is 1. The first-order valence-electron chi connectivity index (χ1n) is 5.32. The van der Waals surface area contributed by atoms with Crippen molar-refractivity contribution in [1.29, 1.82) is 0 Å². The molecular weight excluding hydrogens is 206 g/mol. The molecule has 5 nitrogen and oxygen atoms in total. The summed E-state index contributed by atoms with van der Waals surface area (Å²) in [6, 6.07) is 6.03. The van der Waals surface area contributed by atoms with Gasteiger partial charge in [-0.05, 0) is 18.6 Å². The van der Waals surface area contributed by atoms with E-state index in [2.05, 4.69) is 4.98 Å². The lowest BCUT2D eigenvalue weighted by Gasteiger charge is -2.10. The number of β-amino-alcohol motifs (C(OH)–C–C–N with tert-alkyl or cyclic N) is 1. The van der Waals surface area contributed by atoms with Crippen molar-refractivity contribution in [1.82, 2.24) is 4.98 Å². The highest BCUT2D eigenvalue weighted by atomic mass is 16.4. The van der Waals surface area contributed by atoms with Crippen molar-refractivity contribution < 1.29 is 9.52 Å². The van der Waals surface area contributed by atoms with E-state index in [1.165, 1.54) is 0 Å². The maximum absolute atomic E-state index is 9.45. The molecule has 0 spiro atoms. The molecule has 1 aromatic carbocycles. The van der Waals surface area contributed by atoms with Gasteiger partial charge in [-0.3, -0.25) is 0 Å². The van der Waals surface area contributed by atoms with Crippen LogP contribution in [-0.4, -0.2) is 29.3 Å². The van der Waals surface area contributed by atoms with Crippen molar-refractivity contribution in [3.63, 3.8) is 0 Å². The number of nitrogen functional groups attached to an aromatic ring is 1. The first-order valence-corrected chi connectivity index (χ1v) is 5.32. The lowest BCUT2D eigenvalue weighted by atomic mass is 10.3. The summed E-state index contributed by atoms with van der Waals surface area (Å²) in [6.07, 6.45) is 0.473. The van der Waals surface area contributed by atoms with Crippen LogP contribution >= 0.6 is 0 Å². The zero-order chi connectivity index (χ0) is 11.1. The summed E-state index contributed by atoms with van der Waals surface area (Å²) in [5.41, 5.74) is 7.81. The highest BCUT2D eigenvalue weighted by Gasteiger charge is 2.24. The van der Waals surface area contributed by atoms with Gasteiger partial charge in [0.2, 0.25) is 0 Å². The predicted molar refractivity (Wildman–Crippen MR) is 61.3 cm³/mol. The number of aromatic nitrogens is 1. The van der Waals surface area contributed by atoms with E-state index in [1.807, 2.05) is 17.0 Å². The number of aliphatic hydroxyl groups excluding tert-OH is 1. The van der Waals surface area contributed by atoms with Crippen molar-refractivity contribution in [3.05, 3.63) is 18.2 Å². The standard InChI is InChI=1S/C11H13N3O2/c12-8-2-1-3-9-10(8)13-11(16-9)14-5-4-7(15)6-14/h1-3,7,15H,4-6,12H2. The third-order valence-corrected chi connectivity index (χ3v) is 2.87. The van der Waals surface area contributed by atoms with Gasteiger partial charge in [-0.2, -0.15) is 4.98 Å². The number of oxazole rings is 1. The Balaban J connectivity index is 2.02. The van der Waals surface area contributed by atoms with Crippen LogP contribution in [0.1, 0.15) is 6.42 Å². The molecule has 1 aliphatic heterocycles. The minimum Gasteiger partial charge on any atom is -0.423 e. The third-order valence-electron chi connectivity index (χ3n) is 2.87. The van der Waals surface area contributed by atoms with Crippen molar-refractivity contribution >= 4 is 22.8 Å². The van der Waals surface area contributed by atoms with E-state index in [0.717, 1.165) is 13.0 Å². The van der Waals surface area contributed by atoms with Gasteiger partial charge in [0.05, 0.1) is 11.8 Å². The molecule has 1 unspecified atom stereocenters. The van der Waals surface area contributed by atoms with E-state index >= 15 is 0 Å². The second kappa shape index (κ2) is 3.38. The number of benzene rings is 1. The van der Waals surface area contributed by atoms with Crippen molar-refractivity contribution in [2.75, 3.05) is 23.7 Å². The van der Waals surface area contributed by atoms with Gasteiger partial charge in [0.15, 0.2) is 5.58 Å². The summed E-state index contributed by atoms with van der Waals surface area (Å²) in [7, 11) is 0. The Labute approximate surface area is 92.5 Å². The molecule has 3 N–H and O–H groups in total. The lowest BCUT2D eigenvalue weighted by Crippen LogP contribution is -2.21. The quantitative estimate of drug-likeness (QED) is 0.699. The molecule has 1 fully saturated rings. The zero-order valence-electron chi connectivity index (χ0n) is 8.76. The Morgan fingerprint density at radius 1 is 1.50 bits per heavy atom. The van der Waals surface area contributed by atoms with E-state index in [9.17, 15) is 5.11 Å². The van der Waals surface area contributed by atoms with Crippen LogP contribution in [0.2, 0.25) is 0 Å². The normalized spacial score (nSPS) is 20.8. The minimum atomic E-state index is -0.285. The van der Waals surface area contributed by atoms with Crippen LogP contribution in [0.15, 0.2) is 22.6 Å². The molecule has 16 heavy (non-hydrogen) atoms. The molecule has 84 valence electrons. The number of nitrogens with zero attached hydrogens (tertiary/aromatic N) is 2. The number of hydrogen-bond donors (Lipinski definition) is 2. The molecule has 1 atom stereocenters. The van der Waals surface area contributed by atoms with Crippen LogP contribution in [0.25, 0.3) is 11.1 Å². The second-order valence-corrected chi connectivity index (χ2v) is 4.08. The summed E-state index contributed by atoms with van der Waals surface area (Å²) in [6.45, 7) is 1.35. The van der Waals surface area contributed by atoms with Crippen molar-refractivity contribution in [2.45, 2.75) is 12.5 Å². The number of hydrogen-bond acceptors (Lipinski definition) is 5. The molecule has 5 heteroatoms. The van der Waals surface area contributed by atoms with Gasteiger partial charge in [-0.15, -0.1) is 0 Å². The largest absolute Gasteiger partial charge is 0.423 e. The van der Waals surface area contributed by atoms with E-state index < -0.39 is 0 Å². The van der Waals surface area contributed by atoms with Gasteiger partial charge in [-0.25, -0.2) is 0 Å². The molecule has 0 radical (unpaired) electrons. The van der Waals surface area contributed by atoms with Gasteiger partial charge in [0.25, 0.3) is 6.01 Å². The smallest absolute Gasteiger partial charge is 0.298 e. The van der Waals surface area contributed by atoms with Crippen LogP contribution in [0.3, 0.4) is 0 Å². The SMILES string of the molecule is Nc1cccc2oc(N3CCC(O)C3)nc12. The van der Waals surface area contributed by atoms with E-state index in [0.29, 0.717) is 29.3 Å². The van der Waals surface area contributed by atoms with Crippen LogP contribution in [0.4, 0.5) is 11.7 Å². The monoisotopic (exact) mass is 219 g/mol. The molecule has 0 saturated carbocycles. The summed E-state index contributed by atoms with van der Waals surface area (Å²) >= 11 is 0. The summed E-state index contributed by atoms with van der Waals surface area (Å²) in [5, 5.41) is 9.45.